The fraction of sp³-hybridized carbons (Fsp3) is 0.231. The Morgan fingerprint density at radius 3 is 1.73 bits per heavy atom. The molecule has 0 N–H and O–H groups in total. The predicted molar refractivity (Wildman–Crippen MR) is 178 cm³/mol. The zero-order valence-electron chi connectivity index (χ0n) is 24.7. The largest absolute Gasteiger partial charge is 0.309 e. The second-order valence-corrected chi connectivity index (χ2v) is 14.5. The standard InChI is InChI=1S/C39H36BrN/c1-37(2,3)27-17-19-34-30(21-27)31-22-28(38(4,5)6)23-33-36(31)41(34)35-20-18-29(40)24-32(35)39(33,25-13-9-7-10-14-25)26-15-11-8-12-16-26/h7-24H,1-6H3. The molecule has 1 nitrogen and oxygen atoms in total. The van der Waals surface area contributed by atoms with Gasteiger partial charge in [-0.25, -0.2) is 0 Å². The maximum absolute atomic E-state index is 3.87. The monoisotopic (exact) mass is 597 g/mol. The lowest BCUT2D eigenvalue weighted by Gasteiger charge is -2.42. The Morgan fingerprint density at radius 1 is 0.561 bits per heavy atom. The predicted octanol–water partition coefficient (Wildman–Crippen LogP) is 10.8. The van der Waals surface area contributed by atoms with E-state index >= 15 is 0 Å². The van der Waals surface area contributed by atoms with Crippen LogP contribution in [0.4, 0.5) is 0 Å². The molecule has 5 aromatic carbocycles. The molecular formula is C39H36BrN. The SMILES string of the molecule is CC(C)(C)c1ccc2c(c1)c1cc(C(C)(C)C)cc3c1n2-c1ccc(Br)cc1C3(c1ccccc1)c1ccccc1. The van der Waals surface area contributed by atoms with E-state index in [0.29, 0.717) is 0 Å². The third kappa shape index (κ3) is 3.80. The van der Waals surface area contributed by atoms with Crippen LogP contribution in [-0.2, 0) is 16.2 Å². The molecule has 0 unspecified atom stereocenters. The lowest BCUT2D eigenvalue weighted by atomic mass is 9.62. The van der Waals surface area contributed by atoms with E-state index < -0.39 is 5.41 Å². The molecule has 6 aromatic rings. The number of rotatable bonds is 2. The van der Waals surface area contributed by atoms with E-state index in [-0.39, 0.29) is 10.8 Å². The molecule has 41 heavy (non-hydrogen) atoms. The minimum absolute atomic E-state index is 0.0165. The first kappa shape index (κ1) is 26.3. The summed E-state index contributed by atoms with van der Waals surface area (Å²) in [5.41, 5.74) is 11.3. The summed E-state index contributed by atoms with van der Waals surface area (Å²) in [5.74, 6) is 0. The van der Waals surface area contributed by atoms with E-state index in [1.807, 2.05) is 0 Å². The fourth-order valence-electron chi connectivity index (χ4n) is 6.90. The number of nitrogens with zero attached hydrogens (tertiary/aromatic N) is 1. The van der Waals surface area contributed by atoms with Crippen molar-refractivity contribution in [2.24, 2.45) is 0 Å². The summed E-state index contributed by atoms with van der Waals surface area (Å²) in [6.45, 7) is 13.9. The van der Waals surface area contributed by atoms with Crippen molar-refractivity contribution in [2.45, 2.75) is 57.8 Å². The van der Waals surface area contributed by atoms with Gasteiger partial charge in [-0.3, -0.25) is 0 Å². The minimum Gasteiger partial charge on any atom is -0.309 e. The van der Waals surface area contributed by atoms with Crippen molar-refractivity contribution in [1.82, 2.24) is 4.57 Å². The van der Waals surface area contributed by atoms with Crippen LogP contribution in [0, 0.1) is 0 Å². The number of fused-ring (bicyclic) bond motifs is 5. The van der Waals surface area contributed by atoms with Crippen LogP contribution in [-0.4, -0.2) is 4.57 Å². The molecule has 0 saturated heterocycles. The average molecular weight is 599 g/mol. The van der Waals surface area contributed by atoms with Crippen LogP contribution >= 0.6 is 15.9 Å². The second-order valence-electron chi connectivity index (χ2n) is 13.6. The Balaban J connectivity index is 1.79. The van der Waals surface area contributed by atoms with Gasteiger partial charge in [0, 0.05) is 15.2 Å². The molecule has 2 heteroatoms. The zero-order chi connectivity index (χ0) is 28.7. The summed E-state index contributed by atoms with van der Waals surface area (Å²) in [7, 11) is 0. The molecule has 0 radical (unpaired) electrons. The van der Waals surface area contributed by atoms with Crippen molar-refractivity contribution >= 4 is 37.7 Å². The van der Waals surface area contributed by atoms with E-state index in [9.17, 15) is 0 Å². The van der Waals surface area contributed by atoms with Gasteiger partial charge in [-0.2, -0.15) is 0 Å². The van der Waals surface area contributed by atoms with Crippen LogP contribution in [0.5, 0.6) is 0 Å². The highest BCUT2D eigenvalue weighted by molar-refractivity contribution is 9.10. The molecule has 0 amide bonds. The number of hydrogen-bond acceptors (Lipinski definition) is 0. The van der Waals surface area contributed by atoms with Gasteiger partial charge in [0.2, 0.25) is 0 Å². The quantitative estimate of drug-likeness (QED) is 0.187. The molecule has 0 bridgehead atoms. The van der Waals surface area contributed by atoms with E-state index in [1.165, 1.54) is 60.9 Å². The average Bonchev–Trinajstić information content (AvgIpc) is 3.28. The maximum atomic E-state index is 3.87. The summed E-state index contributed by atoms with van der Waals surface area (Å²) in [6.07, 6.45) is 0. The summed E-state index contributed by atoms with van der Waals surface area (Å²) >= 11 is 3.87. The minimum atomic E-state index is -0.488. The Labute approximate surface area is 252 Å². The number of hydrogen-bond donors (Lipinski definition) is 0. The van der Waals surface area contributed by atoms with Crippen LogP contribution in [0.15, 0.2) is 114 Å². The van der Waals surface area contributed by atoms with E-state index in [1.54, 1.807) is 0 Å². The Morgan fingerprint density at radius 2 is 1.15 bits per heavy atom. The van der Waals surface area contributed by atoms with Gasteiger partial charge in [0.1, 0.15) is 0 Å². The van der Waals surface area contributed by atoms with Crippen LogP contribution in [0.1, 0.15) is 74.9 Å². The number of halogens is 1. The lowest BCUT2D eigenvalue weighted by Crippen LogP contribution is -2.36. The topological polar surface area (TPSA) is 4.93 Å². The molecule has 204 valence electrons. The Kier molecular flexibility index (Phi) is 5.73. The highest BCUT2D eigenvalue weighted by Gasteiger charge is 2.46. The number of benzene rings is 5. The van der Waals surface area contributed by atoms with Crippen molar-refractivity contribution in [2.75, 3.05) is 0 Å². The van der Waals surface area contributed by atoms with Crippen LogP contribution in [0.2, 0.25) is 0 Å². The zero-order valence-corrected chi connectivity index (χ0v) is 26.3. The third-order valence-corrected chi connectivity index (χ3v) is 9.51. The molecule has 7 rings (SSSR count). The molecular weight excluding hydrogens is 562 g/mol. The first-order valence-electron chi connectivity index (χ1n) is 14.6. The van der Waals surface area contributed by atoms with Gasteiger partial charge in [0.15, 0.2) is 0 Å². The molecule has 1 aliphatic rings. The molecule has 0 fully saturated rings. The van der Waals surface area contributed by atoms with Gasteiger partial charge in [0.05, 0.1) is 22.1 Å². The van der Waals surface area contributed by atoms with Crippen LogP contribution in [0.25, 0.3) is 27.5 Å². The van der Waals surface area contributed by atoms with Gasteiger partial charge in [-0.05, 0) is 80.6 Å². The Hall–Kier alpha value is -3.62. The normalized spacial score (nSPS) is 14.4. The molecule has 2 heterocycles. The number of aromatic nitrogens is 1. The first-order valence-corrected chi connectivity index (χ1v) is 15.4. The van der Waals surface area contributed by atoms with Crippen molar-refractivity contribution in [3.05, 3.63) is 147 Å². The van der Waals surface area contributed by atoms with Gasteiger partial charge < -0.3 is 4.57 Å². The molecule has 0 atom stereocenters. The first-order chi connectivity index (χ1) is 19.5. The van der Waals surface area contributed by atoms with E-state index in [2.05, 4.69) is 171 Å². The molecule has 0 spiro atoms. The van der Waals surface area contributed by atoms with Crippen LogP contribution < -0.4 is 0 Å². The van der Waals surface area contributed by atoms with E-state index in [0.717, 1.165) is 4.47 Å². The summed E-state index contributed by atoms with van der Waals surface area (Å²) in [4.78, 5) is 0. The highest BCUT2D eigenvalue weighted by Crippen LogP contribution is 2.55. The van der Waals surface area contributed by atoms with Gasteiger partial charge >= 0.3 is 0 Å². The third-order valence-electron chi connectivity index (χ3n) is 9.01. The van der Waals surface area contributed by atoms with Crippen LogP contribution in [0.3, 0.4) is 0 Å². The van der Waals surface area contributed by atoms with Crippen molar-refractivity contribution in [3.8, 4) is 5.69 Å². The molecule has 1 aliphatic heterocycles. The second kappa shape index (κ2) is 8.94. The molecule has 0 aliphatic carbocycles. The van der Waals surface area contributed by atoms with Gasteiger partial charge in [-0.15, -0.1) is 0 Å². The maximum Gasteiger partial charge on any atom is 0.0743 e. The van der Waals surface area contributed by atoms with Crippen molar-refractivity contribution < 1.29 is 0 Å². The van der Waals surface area contributed by atoms with Gasteiger partial charge in [0.25, 0.3) is 0 Å². The van der Waals surface area contributed by atoms with Gasteiger partial charge in [-0.1, -0.05) is 130 Å². The summed E-state index contributed by atoms with van der Waals surface area (Å²) in [6, 6.07) is 41.1. The van der Waals surface area contributed by atoms with E-state index in [4.69, 9.17) is 0 Å². The Bertz CT molecular complexity index is 1910. The smallest absolute Gasteiger partial charge is 0.0743 e. The summed E-state index contributed by atoms with van der Waals surface area (Å²) < 4.78 is 3.62. The van der Waals surface area contributed by atoms with Crippen molar-refractivity contribution in [1.29, 1.82) is 0 Å². The van der Waals surface area contributed by atoms with Crippen molar-refractivity contribution in [3.63, 3.8) is 0 Å². The highest BCUT2D eigenvalue weighted by atomic mass is 79.9. The molecule has 1 aromatic heterocycles. The molecule has 0 saturated carbocycles. The summed E-state index contributed by atoms with van der Waals surface area (Å²) in [5, 5.41) is 2.66. The lowest BCUT2D eigenvalue weighted by molar-refractivity contribution is 0.588. The fourth-order valence-corrected chi connectivity index (χ4v) is 7.26.